The number of carbonyl (C=O) groups is 3. The molecule has 0 saturated carbocycles. The number of nitrogens with one attached hydrogen (secondary N) is 2. The molecule has 0 bridgehead atoms. The summed E-state index contributed by atoms with van der Waals surface area (Å²) >= 11 is 0. The van der Waals surface area contributed by atoms with Gasteiger partial charge in [0.15, 0.2) is 0 Å². The fourth-order valence-electron chi connectivity index (χ4n) is 5.63. The molecule has 9 nitrogen and oxygen atoms in total. The zero-order valence-corrected chi connectivity index (χ0v) is 22.2. The molecule has 0 aromatic heterocycles. The first kappa shape index (κ1) is 26.2. The summed E-state index contributed by atoms with van der Waals surface area (Å²) in [5.41, 5.74) is -0.166. The van der Waals surface area contributed by atoms with Crippen LogP contribution >= 0.6 is 0 Å². The fraction of sp³-hybridized carbons (Fsp3) is 0.483. The molecular formula is C29H36N4O5. The third-order valence-corrected chi connectivity index (χ3v) is 7.36. The minimum Gasteiger partial charge on any atom is -0.444 e. The lowest BCUT2D eigenvalue weighted by atomic mass is 9.89. The maximum absolute atomic E-state index is 13.8. The number of benzene rings is 2. The van der Waals surface area contributed by atoms with Crippen LogP contribution < -0.4 is 10.6 Å². The Hall–Kier alpha value is -3.43. The van der Waals surface area contributed by atoms with Crippen LogP contribution in [0.5, 0.6) is 0 Å². The number of likely N-dealkylation sites (tertiary alicyclic amines) is 1. The van der Waals surface area contributed by atoms with Crippen LogP contribution in [-0.4, -0.2) is 77.7 Å². The topological polar surface area (TPSA) is 100 Å². The number of amides is 2. The SMILES string of the molecule is CC(C)(C)OC(=O)N1CCC(NC(=O)C2CNCC3C(=O)OC(c4ccccc4)(c4ccccc4)N23)CC1. The van der Waals surface area contributed by atoms with Gasteiger partial charge in [0, 0.05) is 43.3 Å². The van der Waals surface area contributed by atoms with E-state index in [-0.39, 0.29) is 24.0 Å². The number of hydrogen-bond acceptors (Lipinski definition) is 7. The first-order valence-corrected chi connectivity index (χ1v) is 13.3. The van der Waals surface area contributed by atoms with E-state index in [1.54, 1.807) is 4.90 Å². The molecule has 3 heterocycles. The predicted octanol–water partition coefficient (Wildman–Crippen LogP) is 2.60. The molecule has 2 amide bonds. The molecule has 5 rings (SSSR count). The maximum atomic E-state index is 13.8. The van der Waals surface area contributed by atoms with E-state index in [1.165, 1.54) is 0 Å². The van der Waals surface area contributed by atoms with E-state index >= 15 is 0 Å². The summed E-state index contributed by atoms with van der Waals surface area (Å²) in [5, 5.41) is 6.46. The molecule has 2 aromatic carbocycles. The van der Waals surface area contributed by atoms with Crippen molar-refractivity contribution in [1.29, 1.82) is 0 Å². The largest absolute Gasteiger partial charge is 0.444 e. The Morgan fingerprint density at radius 2 is 1.55 bits per heavy atom. The van der Waals surface area contributed by atoms with Crippen LogP contribution in [0.15, 0.2) is 60.7 Å². The number of fused-ring (bicyclic) bond motifs is 1. The van der Waals surface area contributed by atoms with Crippen LogP contribution in [0, 0.1) is 0 Å². The molecular weight excluding hydrogens is 484 g/mol. The van der Waals surface area contributed by atoms with Crippen LogP contribution in [0.25, 0.3) is 0 Å². The molecule has 2 atom stereocenters. The summed E-state index contributed by atoms with van der Waals surface area (Å²) in [7, 11) is 0. The van der Waals surface area contributed by atoms with Gasteiger partial charge >= 0.3 is 12.1 Å². The van der Waals surface area contributed by atoms with Gasteiger partial charge in [-0.25, -0.2) is 9.69 Å². The van der Waals surface area contributed by atoms with E-state index in [1.807, 2.05) is 86.3 Å². The molecule has 2 unspecified atom stereocenters. The van der Waals surface area contributed by atoms with Gasteiger partial charge in [-0.15, -0.1) is 0 Å². The normalized spacial score (nSPS) is 23.9. The Labute approximate surface area is 223 Å². The lowest BCUT2D eigenvalue weighted by Gasteiger charge is -2.45. The van der Waals surface area contributed by atoms with Gasteiger partial charge < -0.3 is 25.0 Å². The monoisotopic (exact) mass is 520 g/mol. The van der Waals surface area contributed by atoms with Crippen molar-refractivity contribution in [3.05, 3.63) is 71.8 Å². The first-order chi connectivity index (χ1) is 18.2. The molecule has 3 aliphatic heterocycles. The van der Waals surface area contributed by atoms with Gasteiger partial charge in [0.1, 0.15) is 17.7 Å². The molecule has 38 heavy (non-hydrogen) atoms. The van der Waals surface area contributed by atoms with Crippen molar-refractivity contribution >= 4 is 18.0 Å². The van der Waals surface area contributed by atoms with Crippen LogP contribution in [-0.2, 0) is 24.8 Å². The number of piperidine rings is 1. The first-order valence-electron chi connectivity index (χ1n) is 13.3. The molecule has 9 heteroatoms. The second-order valence-corrected chi connectivity index (χ2v) is 11.1. The number of nitrogens with zero attached hydrogens (tertiary/aromatic N) is 2. The van der Waals surface area contributed by atoms with E-state index in [0.29, 0.717) is 39.0 Å². The summed E-state index contributed by atoms with van der Waals surface area (Å²) in [6.07, 6.45) is 0.934. The van der Waals surface area contributed by atoms with Gasteiger partial charge in [-0.1, -0.05) is 60.7 Å². The molecule has 0 spiro atoms. The predicted molar refractivity (Wildman–Crippen MR) is 141 cm³/mol. The van der Waals surface area contributed by atoms with Crippen molar-refractivity contribution < 1.29 is 23.9 Å². The molecule has 202 valence electrons. The van der Waals surface area contributed by atoms with E-state index in [0.717, 1.165) is 11.1 Å². The van der Waals surface area contributed by atoms with E-state index in [4.69, 9.17) is 9.47 Å². The maximum Gasteiger partial charge on any atom is 0.410 e. The average molecular weight is 521 g/mol. The third kappa shape index (κ3) is 5.00. The van der Waals surface area contributed by atoms with Crippen molar-refractivity contribution in [3.8, 4) is 0 Å². The number of cyclic esters (lactones) is 1. The van der Waals surface area contributed by atoms with E-state index < -0.39 is 23.4 Å². The molecule has 3 aliphatic rings. The molecule has 2 aromatic rings. The lowest BCUT2D eigenvalue weighted by molar-refractivity contribution is -0.153. The number of carbonyl (C=O) groups excluding carboxylic acids is 3. The van der Waals surface area contributed by atoms with Gasteiger partial charge in [0.2, 0.25) is 11.6 Å². The number of ether oxygens (including phenoxy) is 2. The van der Waals surface area contributed by atoms with Gasteiger partial charge in [0.25, 0.3) is 0 Å². The van der Waals surface area contributed by atoms with Gasteiger partial charge in [-0.3, -0.25) is 9.59 Å². The second-order valence-electron chi connectivity index (χ2n) is 11.1. The van der Waals surface area contributed by atoms with E-state index in [2.05, 4.69) is 10.6 Å². The highest BCUT2D eigenvalue weighted by Crippen LogP contribution is 2.45. The number of rotatable bonds is 4. The number of hydrogen-bond donors (Lipinski definition) is 2. The highest BCUT2D eigenvalue weighted by atomic mass is 16.6. The standard InChI is InChI=1S/C29H36N4O5/c1-28(2,3)38-27(36)32-16-14-22(15-17-32)31-25(34)23-18-30-19-24-26(35)37-29(33(23)24,20-10-6-4-7-11-20)21-12-8-5-9-13-21/h4-13,22-24,30H,14-19H2,1-3H3,(H,31,34). The summed E-state index contributed by atoms with van der Waals surface area (Å²) in [6, 6.07) is 17.9. The van der Waals surface area contributed by atoms with Crippen molar-refractivity contribution in [1.82, 2.24) is 20.4 Å². The molecule has 2 N–H and O–H groups in total. The Morgan fingerprint density at radius 3 is 2.11 bits per heavy atom. The fourth-order valence-corrected chi connectivity index (χ4v) is 5.63. The molecule has 3 fully saturated rings. The van der Waals surface area contributed by atoms with Crippen LogP contribution in [0.2, 0.25) is 0 Å². The highest BCUT2D eigenvalue weighted by molar-refractivity contribution is 5.87. The molecule has 3 saturated heterocycles. The lowest BCUT2D eigenvalue weighted by Crippen LogP contribution is -2.66. The van der Waals surface area contributed by atoms with Crippen LogP contribution in [0.3, 0.4) is 0 Å². The zero-order chi connectivity index (χ0) is 26.9. The summed E-state index contributed by atoms with van der Waals surface area (Å²) in [5.74, 6) is -0.513. The Morgan fingerprint density at radius 1 is 0.974 bits per heavy atom. The third-order valence-electron chi connectivity index (χ3n) is 7.36. The molecule has 0 aliphatic carbocycles. The van der Waals surface area contributed by atoms with Crippen LogP contribution in [0.1, 0.15) is 44.7 Å². The molecule has 0 radical (unpaired) electrons. The number of esters is 1. The van der Waals surface area contributed by atoms with Crippen LogP contribution in [0.4, 0.5) is 4.79 Å². The quantitative estimate of drug-likeness (QED) is 0.598. The Bertz CT molecular complexity index is 1120. The van der Waals surface area contributed by atoms with Gasteiger partial charge in [0.05, 0.1) is 0 Å². The van der Waals surface area contributed by atoms with Crippen molar-refractivity contribution in [2.45, 2.75) is 63.1 Å². The van der Waals surface area contributed by atoms with Gasteiger partial charge in [-0.05, 0) is 33.6 Å². The Balaban J connectivity index is 1.37. The average Bonchev–Trinajstić information content (AvgIpc) is 3.22. The smallest absolute Gasteiger partial charge is 0.410 e. The summed E-state index contributed by atoms with van der Waals surface area (Å²) in [4.78, 5) is 43.1. The van der Waals surface area contributed by atoms with Crippen molar-refractivity contribution in [3.63, 3.8) is 0 Å². The number of piperazine rings is 1. The Kier molecular flexibility index (Phi) is 7.15. The van der Waals surface area contributed by atoms with Gasteiger partial charge in [-0.2, -0.15) is 0 Å². The minimum absolute atomic E-state index is 0.0800. The second kappa shape index (κ2) is 10.4. The summed E-state index contributed by atoms with van der Waals surface area (Å²) < 4.78 is 11.7. The van der Waals surface area contributed by atoms with Crippen molar-refractivity contribution in [2.24, 2.45) is 0 Å². The summed E-state index contributed by atoms with van der Waals surface area (Å²) in [6.45, 7) is 7.35. The highest BCUT2D eigenvalue weighted by Gasteiger charge is 2.60. The van der Waals surface area contributed by atoms with Crippen molar-refractivity contribution in [2.75, 3.05) is 26.2 Å². The minimum atomic E-state index is -1.21. The van der Waals surface area contributed by atoms with E-state index in [9.17, 15) is 14.4 Å². The zero-order valence-electron chi connectivity index (χ0n) is 22.2.